The minimum atomic E-state index is 0. The van der Waals surface area contributed by atoms with E-state index >= 15 is 0 Å². The Bertz CT molecular complexity index is 811. The van der Waals surface area contributed by atoms with E-state index in [0.717, 1.165) is 55.9 Å². The Labute approximate surface area is 158 Å². The van der Waals surface area contributed by atoms with Crippen molar-refractivity contribution in [1.29, 1.82) is 0 Å². The van der Waals surface area contributed by atoms with Crippen LogP contribution in [-0.2, 0) is 26.2 Å². The highest BCUT2D eigenvalue weighted by molar-refractivity contribution is 5.85. The summed E-state index contributed by atoms with van der Waals surface area (Å²) in [6.45, 7) is 8.19. The van der Waals surface area contributed by atoms with Gasteiger partial charge in [-0.25, -0.2) is 14.6 Å². The van der Waals surface area contributed by atoms with Crippen molar-refractivity contribution in [3.8, 4) is 11.5 Å². The average molecular weight is 385 g/mol. The van der Waals surface area contributed by atoms with E-state index in [-0.39, 0.29) is 24.8 Å². The maximum atomic E-state index is 4.69. The fourth-order valence-electron chi connectivity index (χ4n) is 3.00. The molecular weight excluding hydrogens is 363 g/mol. The molecule has 0 fully saturated rings. The molecule has 0 saturated heterocycles. The van der Waals surface area contributed by atoms with Crippen molar-refractivity contribution in [3.05, 3.63) is 35.8 Å². The first-order chi connectivity index (χ1) is 11.2. The van der Waals surface area contributed by atoms with Gasteiger partial charge in [0.05, 0.1) is 18.8 Å². The van der Waals surface area contributed by atoms with Crippen molar-refractivity contribution in [2.75, 3.05) is 6.54 Å². The third-order valence-electron chi connectivity index (χ3n) is 4.13. The maximum absolute atomic E-state index is 4.69. The lowest BCUT2D eigenvalue weighted by molar-refractivity contribution is 0.475. The van der Waals surface area contributed by atoms with Crippen molar-refractivity contribution in [2.24, 2.45) is 0 Å². The maximum Gasteiger partial charge on any atom is 0.160 e. The van der Waals surface area contributed by atoms with E-state index in [2.05, 4.69) is 40.8 Å². The number of hydrogen-bond acceptors (Lipinski definition) is 5. The molecule has 0 aromatic carbocycles. The fourth-order valence-corrected chi connectivity index (χ4v) is 3.00. The molecule has 3 aromatic heterocycles. The van der Waals surface area contributed by atoms with Gasteiger partial charge in [0.25, 0.3) is 0 Å². The zero-order chi connectivity index (χ0) is 15.8. The summed E-state index contributed by atoms with van der Waals surface area (Å²) in [5, 5.41) is 12.5. The molecule has 4 heterocycles. The predicted molar refractivity (Wildman–Crippen MR) is 99.1 cm³/mol. The van der Waals surface area contributed by atoms with Gasteiger partial charge in [0.2, 0.25) is 0 Å². The fraction of sp³-hybridized carbons (Fsp3) is 0.467. The molecule has 10 heteroatoms. The second-order valence-electron chi connectivity index (χ2n) is 5.79. The van der Waals surface area contributed by atoms with Gasteiger partial charge in [-0.1, -0.05) is 0 Å². The normalized spacial score (nSPS) is 13.0. The number of halogens is 2. The predicted octanol–water partition coefficient (Wildman–Crippen LogP) is 1.60. The largest absolute Gasteiger partial charge is 0.328 e. The molecule has 0 unspecified atom stereocenters. The molecule has 0 aliphatic carbocycles. The number of nitrogens with zero attached hydrogens (tertiary/aromatic N) is 7. The Morgan fingerprint density at radius 3 is 2.72 bits per heavy atom. The van der Waals surface area contributed by atoms with Gasteiger partial charge in [0.1, 0.15) is 17.3 Å². The molecule has 4 rings (SSSR count). The van der Waals surface area contributed by atoms with Crippen molar-refractivity contribution >= 4 is 24.8 Å². The summed E-state index contributed by atoms with van der Waals surface area (Å²) in [6, 6.07) is 2.12. The highest BCUT2D eigenvalue weighted by Gasteiger charge is 2.16. The minimum Gasteiger partial charge on any atom is -0.328 e. The van der Waals surface area contributed by atoms with E-state index in [1.165, 1.54) is 5.69 Å². The molecule has 8 nitrogen and oxygen atoms in total. The van der Waals surface area contributed by atoms with Crippen LogP contribution in [0.4, 0.5) is 0 Å². The van der Waals surface area contributed by atoms with Gasteiger partial charge >= 0.3 is 0 Å². The Morgan fingerprint density at radius 1 is 1.16 bits per heavy atom. The second kappa shape index (κ2) is 7.99. The van der Waals surface area contributed by atoms with Gasteiger partial charge in [0.15, 0.2) is 5.82 Å². The van der Waals surface area contributed by atoms with E-state index in [1.807, 2.05) is 30.9 Å². The van der Waals surface area contributed by atoms with Crippen LogP contribution in [0.1, 0.15) is 17.3 Å². The summed E-state index contributed by atoms with van der Waals surface area (Å²) >= 11 is 0. The number of rotatable bonds is 4. The Hall–Kier alpha value is -1.90. The number of imidazole rings is 1. The molecule has 1 N–H and O–H groups in total. The van der Waals surface area contributed by atoms with Crippen LogP contribution in [0.3, 0.4) is 0 Å². The van der Waals surface area contributed by atoms with Crippen LogP contribution in [0.5, 0.6) is 0 Å². The summed E-state index contributed by atoms with van der Waals surface area (Å²) < 4.78 is 6.12. The lowest BCUT2D eigenvalue weighted by Gasteiger charge is -2.13. The van der Waals surface area contributed by atoms with Crippen LogP contribution in [0.25, 0.3) is 11.5 Å². The number of aromatic nitrogens is 7. The minimum absolute atomic E-state index is 0. The third kappa shape index (κ3) is 3.86. The van der Waals surface area contributed by atoms with Crippen molar-refractivity contribution in [1.82, 2.24) is 39.4 Å². The van der Waals surface area contributed by atoms with Gasteiger partial charge in [-0.3, -0.25) is 4.68 Å². The SMILES string of the molecule is Cc1nc(C)n(CCn2ccnc2-c2cc3n(n2)CCNC3)n1.Cl.Cl. The first kappa shape index (κ1) is 19.4. The number of hydrogen-bond donors (Lipinski definition) is 1. The zero-order valence-electron chi connectivity index (χ0n) is 14.2. The highest BCUT2D eigenvalue weighted by Crippen LogP contribution is 2.19. The molecule has 0 amide bonds. The second-order valence-corrected chi connectivity index (χ2v) is 5.79. The summed E-state index contributed by atoms with van der Waals surface area (Å²) in [5.74, 6) is 2.65. The smallest absolute Gasteiger partial charge is 0.160 e. The first-order valence-electron chi connectivity index (χ1n) is 7.88. The monoisotopic (exact) mass is 384 g/mol. The number of nitrogens with one attached hydrogen (secondary N) is 1. The van der Waals surface area contributed by atoms with Crippen LogP contribution < -0.4 is 5.32 Å². The Balaban J connectivity index is 0.00000113. The third-order valence-corrected chi connectivity index (χ3v) is 4.13. The summed E-state index contributed by atoms with van der Waals surface area (Å²) in [7, 11) is 0. The standard InChI is InChI=1S/C15H20N8.2ClH/c1-11-18-12(2)22(19-11)8-7-21-5-4-17-15(21)14-9-13-10-16-3-6-23(13)20-14;;/h4-5,9,16H,3,6-8,10H2,1-2H3;2*1H. The van der Waals surface area contributed by atoms with E-state index in [0.29, 0.717) is 0 Å². The lowest BCUT2D eigenvalue weighted by atomic mass is 10.3. The van der Waals surface area contributed by atoms with Crippen LogP contribution in [0.15, 0.2) is 18.5 Å². The number of aryl methyl sites for hydroxylation is 4. The van der Waals surface area contributed by atoms with Crippen LogP contribution in [-0.4, -0.2) is 40.6 Å². The highest BCUT2D eigenvalue weighted by atomic mass is 35.5. The summed E-state index contributed by atoms with van der Waals surface area (Å²) in [4.78, 5) is 8.83. The molecule has 25 heavy (non-hydrogen) atoms. The van der Waals surface area contributed by atoms with Crippen LogP contribution >= 0.6 is 24.8 Å². The van der Waals surface area contributed by atoms with Crippen molar-refractivity contribution < 1.29 is 0 Å². The Kier molecular flexibility index (Phi) is 6.21. The molecule has 1 aliphatic rings. The molecule has 0 atom stereocenters. The van der Waals surface area contributed by atoms with Crippen molar-refractivity contribution in [2.45, 2.75) is 40.0 Å². The molecule has 1 aliphatic heterocycles. The summed E-state index contributed by atoms with van der Waals surface area (Å²) in [6.07, 6.45) is 3.82. The lowest BCUT2D eigenvalue weighted by Crippen LogP contribution is -2.28. The van der Waals surface area contributed by atoms with E-state index in [9.17, 15) is 0 Å². The molecule has 0 saturated carbocycles. The first-order valence-corrected chi connectivity index (χ1v) is 7.88. The quantitative estimate of drug-likeness (QED) is 0.738. The molecule has 0 spiro atoms. The van der Waals surface area contributed by atoms with Crippen LogP contribution in [0, 0.1) is 13.8 Å². The van der Waals surface area contributed by atoms with Gasteiger partial charge in [-0.05, 0) is 19.9 Å². The van der Waals surface area contributed by atoms with Gasteiger partial charge < -0.3 is 9.88 Å². The summed E-state index contributed by atoms with van der Waals surface area (Å²) in [5.41, 5.74) is 2.14. The molecule has 0 radical (unpaired) electrons. The van der Waals surface area contributed by atoms with E-state index in [1.54, 1.807) is 0 Å². The van der Waals surface area contributed by atoms with Gasteiger partial charge in [-0.2, -0.15) is 10.2 Å². The average Bonchev–Trinajstić information content (AvgIpc) is 3.22. The van der Waals surface area contributed by atoms with Crippen LogP contribution in [0.2, 0.25) is 0 Å². The molecule has 3 aromatic rings. The topological polar surface area (TPSA) is 78.4 Å². The van der Waals surface area contributed by atoms with E-state index < -0.39 is 0 Å². The molecular formula is C15H22Cl2N8. The van der Waals surface area contributed by atoms with Crippen molar-refractivity contribution in [3.63, 3.8) is 0 Å². The zero-order valence-corrected chi connectivity index (χ0v) is 15.8. The van der Waals surface area contributed by atoms with Gasteiger partial charge in [0, 0.05) is 32.0 Å². The van der Waals surface area contributed by atoms with E-state index in [4.69, 9.17) is 0 Å². The Morgan fingerprint density at radius 2 is 2.00 bits per heavy atom. The molecule has 136 valence electrons. The number of fused-ring (bicyclic) bond motifs is 1. The molecule has 0 bridgehead atoms. The van der Waals surface area contributed by atoms with Gasteiger partial charge in [-0.15, -0.1) is 24.8 Å².